The van der Waals surface area contributed by atoms with E-state index in [4.69, 9.17) is 4.42 Å². The maximum absolute atomic E-state index is 12.6. The molecule has 0 aliphatic carbocycles. The first-order valence-electron chi connectivity index (χ1n) is 8.76. The first kappa shape index (κ1) is 16.4. The summed E-state index contributed by atoms with van der Waals surface area (Å²) in [7, 11) is 0. The summed E-state index contributed by atoms with van der Waals surface area (Å²) in [6, 6.07) is 18.9. The minimum absolute atomic E-state index is 0.0206. The van der Waals surface area contributed by atoms with Crippen molar-refractivity contribution in [2.75, 3.05) is 11.4 Å². The smallest absolute Gasteiger partial charge is 0.227 e. The molecular formula is C21H20N2O3. The van der Waals surface area contributed by atoms with E-state index >= 15 is 0 Å². The van der Waals surface area contributed by atoms with Crippen molar-refractivity contribution < 1.29 is 14.0 Å². The lowest BCUT2D eigenvalue weighted by molar-refractivity contribution is -0.127. The van der Waals surface area contributed by atoms with Gasteiger partial charge < -0.3 is 14.6 Å². The maximum Gasteiger partial charge on any atom is 0.227 e. The molecule has 2 heterocycles. The molecule has 0 bridgehead atoms. The highest BCUT2D eigenvalue weighted by Gasteiger charge is 2.35. The Kier molecular flexibility index (Phi) is 4.21. The molecule has 5 nitrogen and oxygen atoms in total. The molecule has 1 aliphatic rings. The summed E-state index contributed by atoms with van der Waals surface area (Å²) in [6.07, 6.45) is 0.230. The van der Waals surface area contributed by atoms with E-state index in [-0.39, 0.29) is 30.2 Å². The van der Waals surface area contributed by atoms with E-state index in [0.717, 1.165) is 16.7 Å². The quantitative estimate of drug-likeness (QED) is 0.782. The number of rotatable bonds is 4. The van der Waals surface area contributed by atoms with Gasteiger partial charge in [-0.2, -0.15) is 0 Å². The second-order valence-corrected chi connectivity index (χ2v) is 6.66. The zero-order valence-corrected chi connectivity index (χ0v) is 14.5. The Bertz CT molecular complexity index is 915. The Hall–Kier alpha value is -3.08. The number of fused-ring (bicyclic) bond motifs is 1. The Morgan fingerprint density at radius 1 is 1.15 bits per heavy atom. The standard InChI is InChI=1S/C21H20N2O3/c1-14(19-11-15-7-5-6-10-18(15)26-19)22-21(25)16-12-20(24)23(13-16)17-8-3-2-4-9-17/h2-11,14,16H,12-13H2,1H3,(H,22,25)/t14-,16+/m1/s1. The summed E-state index contributed by atoms with van der Waals surface area (Å²) in [6.45, 7) is 2.29. The molecule has 1 aromatic heterocycles. The molecule has 1 N–H and O–H groups in total. The molecule has 0 unspecified atom stereocenters. The van der Waals surface area contributed by atoms with Crippen LogP contribution in [0.3, 0.4) is 0 Å². The average Bonchev–Trinajstić information content (AvgIpc) is 3.26. The van der Waals surface area contributed by atoms with Crippen molar-refractivity contribution in [2.24, 2.45) is 5.92 Å². The predicted molar refractivity (Wildman–Crippen MR) is 99.7 cm³/mol. The molecule has 1 saturated heterocycles. The van der Waals surface area contributed by atoms with Crippen LogP contribution >= 0.6 is 0 Å². The van der Waals surface area contributed by atoms with Crippen LogP contribution in [0.15, 0.2) is 65.1 Å². The highest BCUT2D eigenvalue weighted by atomic mass is 16.3. The Labute approximate surface area is 151 Å². The van der Waals surface area contributed by atoms with E-state index in [1.54, 1.807) is 4.90 Å². The molecule has 2 aromatic carbocycles. The van der Waals surface area contributed by atoms with Crippen molar-refractivity contribution in [1.82, 2.24) is 5.32 Å². The Balaban J connectivity index is 1.44. The zero-order valence-electron chi connectivity index (χ0n) is 14.5. The number of nitrogens with zero attached hydrogens (tertiary/aromatic N) is 1. The monoisotopic (exact) mass is 348 g/mol. The van der Waals surface area contributed by atoms with Crippen LogP contribution in [0.4, 0.5) is 5.69 Å². The van der Waals surface area contributed by atoms with Gasteiger partial charge in [-0.3, -0.25) is 9.59 Å². The van der Waals surface area contributed by atoms with Crippen molar-refractivity contribution in [2.45, 2.75) is 19.4 Å². The SMILES string of the molecule is C[C@@H](NC(=O)[C@H]1CC(=O)N(c2ccccc2)C1)c1cc2ccccc2o1. The number of carbonyl (C=O) groups is 2. The molecule has 2 atom stereocenters. The number of carbonyl (C=O) groups excluding carboxylic acids is 2. The van der Waals surface area contributed by atoms with Crippen molar-refractivity contribution >= 4 is 28.5 Å². The van der Waals surface area contributed by atoms with E-state index < -0.39 is 0 Å². The van der Waals surface area contributed by atoms with Gasteiger partial charge in [0.05, 0.1) is 12.0 Å². The molecule has 0 saturated carbocycles. The molecule has 0 radical (unpaired) electrons. The van der Waals surface area contributed by atoms with Crippen LogP contribution in [0.5, 0.6) is 0 Å². The maximum atomic E-state index is 12.6. The summed E-state index contributed by atoms with van der Waals surface area (Å²) in [5, 5.41) is 3.99. The van der Waals surface area contributed by atoms with Crippen molar-refractivity contribution in [3.63, 3.8) is 0 Å². The van der Waals surface area contributed by atoms with Crippen LogP contribution in [-0.2, 0) is 9.59 Å². The molecule has 1 aliphatic heterocycles. The number of hydrogen-bond donors (Lipinski definition) is 1. The summed E-state index contributed by atoms with van der Waals surface area (Å²) >= 11 is 0. The lowest BCUT2D eigenvalue weighted by Crippen LogP contribution is -2.34. The second-order valence-electron chi connectivity index (χ2n) is 6.66. The van der Waals surface area contributed by atoms with E-state index in [1.165, 1.54) is 0 Å². The van der Waals surface area contributed by atoms with Gasteiger partial charge in [-0.25, -0.2) is 0 Å². The normalized spacial score (nSPS) is 18.3. The number of anilines is 1. The predicted octanol–water partition coefficient (Wildman–Crippen LogP) is 3.66. The van der Waals surface area contributed by atoms with Gasteiger partial charge in [0.2, 0.25) is 11.8 Å². The molecule has 0 spiro atoms. The van der Waals surface area contributed by atoms with Gasteiger partial charge in [-0.15, -0.1) is 0 Å². The number of nitrogens with one attached hydrogen (secondary N) is 1. The van der Waals surface area contributed by atoms with Crippen molar-refractivity contribution in [3.8, 4) is 0 Å². The summed E-state index contributed by atoms with van der Waals surface area (Å²) < 4.78 is 5.81. The largest absolute Gasteiger partial charge is 0.459 e. The highest BCUT2D eigenvalue weighted by molar-refractivity contribution is 6.00. The molecule has 4 rings (SSSR count). The highest BCUT2D eigenvalue weighted by Crippen LogP contribution is 2.27. The lowest BCUT2D eigenvalue weighted by Gasteiger charge is -2.17. The fourth-order valence-corrected chi connectivity index (χ4v) is 3.36. The van der Waals surface area contributed by atoms with E-state index in [0.29, 0.717) is 12.3 Å². The molecule has 5 heteroatoms. The van der Waals surface area contributed by atoms with Crippen molar-refractivity contribution in [1.29, 1.82) is 0 Å². The Morgan fingerprint density at radius 2 is 1.88 bits per heavy atom. The molecule has 2 amide bonds. The van der Waals surface area contributed by atoms with Crippen LogP contribution in [0, 0.1) is 5.92 Å². The Morgan fingerprint density at radius 3 is 2.65 bits per heavy atom. The summed E-state index contributed by atoms with van der Waals surface area (Å²) in [4.78, 5) is 26.6. The van der Waals surface area contributed by atoms with Gasteiger partial charge in [0.1, 0.15) is 11.3 Å². The lowest BCUT2D eigenvalue weighted by atomic mass is 10.1. The summed E-state index contributed by atoms with van der Waals surface area (Å²) in [5.74, 6) is 0.218. The third-order valence-corrected chi connectivity index (χ3v) is 4.79. The first-order chi connectivity index (χ1) is 12.6. The topological polar surface area (TPSA) is 62.6 Å². The van der Waals surface area contributed by atoms with Crippen LogP contribution in [0.2, 0.25) is 0 Å². The van der Waals surface area contributed by atoms with Crippen molar-refractivity contribution in [3.05, 3.63) is 66.4 Å². The third-order valence-electron chi connectivity index (χ3n) is 4.79. The fraction of sp³-hybridized carbons (Fsp3) is 0.238. The molecule has 3 aromatic rings. The minimum atomic E-state index is -0.352. The van der Waals surface area contributed by atoms with Gasteiger partial charge in [0.25, 0.3) is 0 Å². The molecular weight excluding hydrogens is 328 g/mol. The van der Waals surface area contributed by atoms with E-state index in [2.05, 4.69) is 5.32 Å². The van der Waals surface area contributed by atoms with Gasteiger partial charge >= 0.3 is 0 Å². The fourth-order valence-electron chi connectivity index (χ4n) is 3.36. The second kappa shape index (κ2) is 6.67. The van der Waals surface area contributed by atoms with Crippen LogP contribution in [0.1, 0.15) is 25.1 Å². The number of para-hydroxylation sites is 2. The molecule has 132 valence electrons. The zero-order chi connectivity index (χ0) is 18.1. The first-order valence-corrected chi connectivity index (χ1v) is 8.76. The third kappa shape index (κ3) is 3.08. The van der Waals surface area contributed by atoms with E-state index in [1.807, 2.05) is 67.6 Å². The van der Waals surface area contributed by atoms with Gasteiger partial charge in [-0.1, -0.05) is 36.4 Å². The van der Waals surface area contributed by atoms with Crippen LogP contribution in [-0.4, -0.2) is 18.4 Å². The van der Waals surface area contributed by atoms with Crippen LogP contribution < -0.4 is 10.2 Å². The minimum Gasteiger partial charge on any atom is -0.459 e. The van der Waals surface area contributed by atoms with Gasteiger partial charge in [0.15, 0.2) is 0 Å². The number of benzene rings is 2. The average molecular weight is 348 g/mol. The molecule has 26 heavy (non-hydrogen) atoms. The number of hydrogen-bond acceptors (Lipinski definition) is 3. The molecule has 1 fully saturated rings. The van der Waals surface area contributed by atoms with Gasteiger partial charge in [0, 0.05) is 24.0 Å². The number of amides is 2. The summed E-state index contributed by atoms with van der Waals surface area (Å²) in [5.41, 5.74) is 1.63. The number of furan rings is 1. The van der Waals surface area contributed by atoms with E-state index in [9.17, 15) is 9.59 Å². The van der Waals surface area contributed by atoms with Gasteiger partial charge in [-0.05, 0) is 31.2 Å². The van der Waals surface area contributed by atoms with Crippen LogP contribution in [0.25, 0.3) is 11.0 Å².